The Hall–Kier alpha value is -7.84. The second-order valence-electron chi connectivity index (χ2n) is 17.9. The summed E-state index contributed by atoms with van der Waals surface area (Å²) in [5.74, 6) is -7.58. The quantitative estimate of drug-likeness (QED) is 0.0234. The maximum absolute atomic E-state index is 13.5. The number of esters is 8. The molecule has 0 bridgehead atoms. The van der Waals surface area contributed by atoms with E-state index in [2.05, 4.69) is 6.58 Å². The lowest BCUT2D eigenvalue weighted by Crippen LogP contribution is -2.30. The molecule has 3 fully saturated rings. The molecule has 0 radical (unpaired) electrons. The Morgan fingerprint density at radius 2 is 1.09 bits per heavy atom. The van der Waals surface area contributed by atoms with Gasteiger partial charge >= 0.3 is 47.8 Å². The van der Waals surface area contributed by atoms with E-state index >= 15 is 0 Å². The van der Waals surface area contributed by atoms with Crippen molar-refractivity contribution < 1.29 is 95.2 Å². The van der Waals surface area contributed by atoms with Crippen LogP contribution in [0.4, 0.5) is 0 Å². The normalized spacial score (nSPS) is 19.4. The fourth-order valence-electron chi connectivity index (χ4n) is 7.22. The van der Waals surface area contributed by atoms with E-state index in [1.54, 1.807) is 44.2 Å². The minimum atomic E-state index is -0.971. The van der Waals surface area contributed by atoms with Crippen molar-refractivity contribution >= 4 is 47.8 Å². The van der Waals surface area contributed by atoms with Crippen LogP contribution in [0.3, 0.4) is 0 Å². The number of epoxide rings is 2. The highest BCUT2D eigenvalue weighted by Gasteiger charge is 2.34. The molecule has 20 nitrogen and oxygen atoms in total. The molecule has 0 spiro atoms. The van der Waals surface area contributed by atoms with Gasteiger partial charge in [0.2, 0.25) is 0 Å². The van der Waals surface area contributed by atoms with E-state index in [4.69, 9.17) is 56.8 Å². The molecule has 2 aliphatic heterocycles. The molecular formula is C54H56O20. The van der Waals surface area contributed by atoms with Crippen LogP contribution >= 0.6 is 0 Å². The first-order chi connectivity index (χ1) is 35.6. The highest BCUT2D eigenvalue weighted by atomic mass is 16.6. The van der Waals surface area contributed by atoms with E-state index in [0.717, 1.165) is 0 Å². The molecule has 3 atom stereocenters. The van der Waals surface area contributed by atoms with Gasteiger partial charge < -0.3 is 56.8 Å². The van der Waals surface area contributed by atoms with E-state index in [1.165, 1.54) is 55.5 Å². The number of hydrogen-bond donors (Lipinski definition) is 0. The highest BCUT2D eigenvalue weighted by molar-refractivity contribution is 5.97. The summed E-state index contributed by atoms with van der Waals surface area (Å²) in [6.07, 6.45) is 6.33. The average molecular weight is 1030 g/mol. The number of allylic oxidation sites excluding steroid dienone is 2. The molecule has 0 aromatic heterocycles. The molecule has 2 heterocycles. The van der Waals surface area contributed by atoms with Crippen molar-refractivity contribution in [3.05, 3.63) is 113 Å². The molecule has 392 valence electrons. The summed E-state index contributed by atoms with van der Waals surface area (Å²) < 4.78 is 65.0. The van der Waals surface area contributed by atoms with Crippen LogP contribution in [0.2, 0.25) is 0 Å². The minimum Gasteiger partial charge on any atom is -0.491 e. The fraction of sp³-hybridized carbons (Fsp3) is 0.407. The van der Waals surface area contributed by atoms with Crippen molar-refractivity contribution in [1.29, 1.82) is 0 Å². The van der Waals surface area contributed by atoms with E-state index in [1.807, 2.05) is 0 Å². The first-order valence-electron chi connectivity index (χ1n) is 24.1. The Balaban J connectivity index is 0.952. The first-order valence-corrected chi connectivity index (χ1v) is 24.1. The molecule has 3 unspecified atom stereocenters. The molecule has 2 aliphatic carbocycles. The summed E-state index contributed by atoms with van der Waals surface area (Å²) in [5.41, 5.74) is -0.194. The molecule has 4 aliphatic rings. The van der Waals surface area contributed by atoms with Crippen molar-refractivity contribution in [2.45, 2.75) is 65.1 Å². The van der Waals surface area contributed by atoms with E-state index in [9.17, 15) is 38.4 Å². The number of benzene rings is 3. The second-order valence-corrected chi connectivity index (χ2v) is 17.9. The van der Waals surface area contributed by atoms with Gasteiger partial charge in [0, 0.05) is 5.57 Å². The second kappa shape index (κ2) is 25.7. The summed E-state index contributed by atoms with van der Waals surface area (Å²) in [7, 11) is 0. The van der Waals surface area contributed by atoms with Crippen LogP contribution in [-0.2, 0) is 57.1 Å². The third-order valence-corrected chi connectivity index (χ3v) is 11.7. The van der Waals surface area contributed by atoms with E-state index in [0.29, 0.717) is 37.9 Å². The monoisotopic (exact) mass is 1020 g/mol. The highest BCUT2D eigenvalue weighted by Crippen LogP contribution is 2.34. The number of carbonyl (C=O) groups is 8. The maximum Gasteiger partial charge on any atom is 0.343 e. The van der Waals surface area contributed by atoms with Crippen LogP contribution in [0, 0.1) is 23.7 Å². The van der Waals surface area contributed by atoms with Crippen LogP contribution in [-0.4, -0.2) is 113 Å². The first kappa shape index (κ1) is 53.9. The number of carbonyl (C=O) groups excluding carboxylic acids is 8. The van der Waals surface area contributed by atoms with Gasteiger partial charge in [-0.3, -0.25) is 19.2 Å². The zero-order valence-electron chi connectivity index (χ0n) is 41.0. The van der Waals surface area contributed by atoms with Gasteiger partial charge in [-0.25, -0.2) is 19.2 Å². The number of hydrogen-bond acceptors (Lipinski definition) is 20. The van der Waals surface area contributed by atoms with E-state index < -0.39 is 71.4 Å². The smallest absolute Gasteiger partial charge is 0.343 e. The Morgan fingerprint density at radius 3 is 1.59 bits per heavy atom. The van der Waals surface area contributed by atoms with Crippen molar-refractivity contribution in [3.63, 3.8) is 0 Å². The lowest BCUT2D eigenvalue weighted by atomic mass is 9.82. The maximum atomic E-state index is 13.5. The fourth-order valence-corrected chi connectivity index (χ4v) is 7.22. The Labute approximate surface area is 425 Å². The molecule has 2 saturated heterocycles. The van der Waals surface area contributed by atoms with Crippen molar-refractivity contribution in [2.75, 3.05) is 52.9 Å². The molecule has 74 heavy (non-hydrogen) atoms. The van der Waals surface area contributed by atoms with Gasteiger partial charge in [0.25, 0.3) is 0 Å². The van der Waals surface area contributed by atoms with Gasteiger partial charge in [-0.1, -0.05) is 26.5 Å². The van der Waals surface area contributed by atoms with Gasteiger partial charge in [-0.2, -0.15) is 0 Å². The predicted octanol–water partition coefficient (Wildman–Crippen LogP) is 6.41. The molecule has 1 saturated carbocycles. The number of rotatable bonds is 24. The summed E-state index contributed by atoms with van der Waals surface area (Å²) in [4.78, 5) is 104. The standard InChI is InChI=1S/C54H56O20/c1-31(2)47(55)63-21-23-65-53(61)43-25-39(17-19-45(43)73-51(59)35-9-13-37(14-10-35)67-27-41-29-69-41)71-49(57)33-5-7-34(8-6-33)50(58)72-40-18-20-46(44(26-40)54(62)66-24-22-64-48(56)32(3)4)74-52(60)36-11-15-38(16-12-36)68-28-42-30-70-42/h9-11,13-20,25-26,32-34,36,41-42H,1,5-8,12,21-24,27-30H2,2-4H3. The Kier molecular flexibility index (Phi) is 18.7. The predicted molar refractivity (Wildman–Crippen MR) is 255 cm³/mol. The summed E-state index contributed by atoms with van der Waals surface area (Å²) in [5, 5.41) is 0. The zero-order valence-corrected chi connectivity index (χ0v) is 41.0. The van der Waals surface area contributed by atoms with Gasteiger partial charge in [0.1, 0.15) is 97.5 Å². The van der Waals surface area contributed by atoms with Gasteiger partial charge in [0.15, 0.2) is 0 Å². The zero-order chi connectivity index (χ0) is 52.7. The van der Waals surface area contributed by atoms with Crippen molar-refractivity contribution in [1.82, 2.24) is 0 Å². The van der Waals surface area contributed by atoms with Crippen LogP contribution < -0.4 is 23.7 Å². The van der Waals surface area contributed by atoms with Gasteiger partial charge in [-0.05, 0) is 112 Å². The SMILES string of the molecule is C=C(C)C(=O)OCCOC(=O)c1cc(OC(=O)C2CCC(C(=O)Oc3ccc(OC(=O)C4C=CC(OCC5CO5)=CC4)c(C(=O)OCCOC(=O)C(C)C)c3)CC2)ccc1OC(=O)c1ccc(OCC2CO2)cc1. The van der Waals surface area contributed by atoms with Gasteiger partial charge in [-0.15, -0.1) is 0 Å². The van der Waals surface area contributed by atoms with Crippen LogP contribution in [0.15, 0.2) is 96.8 Å². The third-order valence-electron chi connectivity index (χ3n) is 11.7. The summed E-state index contributed by atoms with van der Waals surface area (Å²) >= 11 is 0. The molecule has 3 aromatic carbocycles. The molecule has 0 N–H and O–H groups in total. The minimum absolute atomic E-state index is 0.0385. The Morgan fingerprint density at radius 1 is 0.595 bits per heavy atom. The molecule has 7 rings (SSSR count). The van der Waals surface area contributed by atoms with Crippen LogP contribution in [0.1, 0.15) is 83.9 Å². The van der Waals surface area contributed by atoms with Gasteiger partial charge in [0.05, 0.1) is 42.4 Å². The van der Waals surface area contributed by atoms with Crippen LogP contribution in [0.25, 0.3) is 0 Å². The number of ether oxygens (including phenoxy) is 12. The third kappa shape index (κ3) is 16.1. The topological polar surface area (TPSA) is 254 Å². The lowest BCUT2D eigenvalue weighted by molar-refractivity contribution is -0.148. The summed E-state index contributed by atoms with van der Waals surface area (Å²) in [6.45, 7) is 9.13. The average Bonchev–Trinajstić information content (AvgIpc) is 4.35. The lowest BCUT2D eigenvalue weighted by Gasteiger charge is -2.26. The molecule has 20 heteroatoms. The molecule has 3 aromatic rings. The molecular weight excluding hydrogens is 969 g/mol. The van der Waals surface area contributed by atoms with Crippen LogP contribution in [0.5, 0.6) is 28.7 Å². The van der Waals surface area contributed by atoms with E-state index in [-0.39, 0.29) is 116 Å². The molecule has 0 amide bonds. The Bertz CT molecular complexity index is 2650. The van der Waals surface area contributed by atoms with Crippen molar-refractivity contribution in [2.24, 2.45) is 23.7 Å². The van der Waals surface area contributed by atoms with Crippen molar-refractivity contribution in [3.8, 4) is 28.7 Å². The summed E-state index contributed by atoms with van der Waals surface area (Å²) in [6, 6.07) is 13.8. The largest absolute Gasteiger partial charge is 0.491 e.